The van der Waals surface area contributed by atoms with Crippen LogP contribution in [0.15, 0.2) is 59.8 Å². The van der Waals surface area contributed by atoms with Gasteiger partial charge >= 0.3 is 11.9 Å². The lowest BCUT2D eigenvalue weighted by Crippen LogP contribution is -2.57. The number of hydrogen-bond acceptors (Lipinski definition) is 7. The third kappa shape index (κ3) is 5.66. The summed E-state index contributed by atoms with van der Waals surface area (Å²) >= 11 is 0. The first-order chi connectivity index (χ1) is 16.4. The molecule has 1 aliphatic rings. The third-order valence-electron chi connectivity index (χ3n) is 5.94. The lowest BCUT2D eigenvalue weighted by molar-refractivity contribution is -0.155. The maximum atomic E-state index is 13.4. The van der Waals surface area contributed by atoms with Crippen LogP contribution in [0.4, 0.5) is 0 Å². The number of benzene rings is 2. The molecule has 0 radical (unpaired) electrons. The molecule has 0 saturated heterocycles. The van der Waals surface area contributed by atoms with Crippen molar-refractivity contribution < 1.29 is 24.2 Å². The van der Waals surface area contributed by atoms with Gasteiger partial charge in [-0.1, -0.05) is 54.6 Å². The zero-order chi connectivity index (χ0) is 24.7. The Balaban J connectivity index is 1.81. The molecule has 2 aromatic carbocycles. The van der Waals surface area contributed by atoms with Crippen molar-refractivity contribution in [2.75, 3.05) is 6.61 Å². The number of carboxylic acid groups (broad SMARTS) is 1. The molecular formula is C25H29N3O6. The number of fused-ring (bicyclic) bond motifs is 1. The number of aryl methyl sites for hydroxylation is 1. The van der Waals surface area contributed by atoms with Crippen LogP contribution in [0.2, 0.25) is 0 Å². The van der Waals surface area contributed by atoms with Crippen molar-refractivity contribution in [3.05, 3.63) is 76.2 Å². The Morgan fingerprint density at radius 3 is 2.47 bits per heavy atom. The Hall–Kier alpha value is -3.59. The second-order valence-electron chi connectivity index (χ2n) is 8.20. The van der Waals surface area contributed by atoms with Crippen molar-refractivity contribution in [1.82, 2.24) is 10.2 Å². The van der Waals surface area contributed by atoms with Gasteiger partial charge in [0.2, 0.25) is 5.91 Å². The number of esters is 1. The molecule has 2 N–H and O–H groups in total. The predicted octanol–water partition coefficient (Wildman–Crippen LogP) is 2.83. The predicted molar refractivity (Wildman–Crippen MR) is 125 cm³/mol. The fraction of sp³-hybridized carbons (Fsp3) is 0.400. The molecule has 3 rings (SSSR count). The number of carbonyl (C=O) groups excluding carboxylic acids is 2. The third-order valence-corrected chi connectivity index (χ3v) is 5.94. The highest BCUT2D eigenvalue weighted by molar-refractivity contribution is 5.88. The molecule has 1 unspecified atom stereocenters. The lowest BCUT2D eigenvalue weighted by atomic mass is 9.91. The van der Waals surface area contributed by atoms with E-state index in [0.717, 1.165) is 10.5 Å². The standard InChI is InChI=1S/C25H29N3O6/c1-3-34-25(32)20(14-13-17-9-5-4-6-10-17)26-16(2)23(29)28-21(24(30)31)15-18-11-7-8-12-19(18)22(28)27-33/h4-12,16,20-22,26H,3,13-15H2,1-2H3,(H,30,31)/t16-,20-,21-,22?/m0/s1. The van der Waals surface area contributed by atoms with Gasteiger partial charge in [-0.2, -0.15) is 0 Å². The van der Waals surface area contributed by atoms with Gasteiger partial charge in [0.05, 0.1) is 12.6 Å². The maximum Gasteiger partial charge on any atom is 0.326 e. The van der Waals surface area contributed by atoms with Gasteiger partial charge in [-0.15, -0.1) is 4.91 Å². The van der Waals surface area contributed by atoms with Gasteiger partial charge in [-0.05, 0) is 43.0 Å². The lowest BCUT2D eigenvalue weighted by Gasteiger charge is -2.39. The van der Waals surface area contributed by atoms with E-state index in [1.54, 1.807) is 38.1 Å². The molecule has 0 fully saturated rings. The SMILES string of the molecule is CCOC(=O)[C@H](CCc1ccccc1)N[C@@H](C)C(=O)N1C(N=O)c2ccccc2C[C@H]1C(=O)O. The number of nitroso groups, excluding NO2 is 1. The van der Waals surface area contributed by atoms with Crippen LogP contribution in [0, 0.1) is 4.91 Å². The van der Waals surface area contributed by atoms with Crippen molar-refractivity contribution >= 4 is 17.8 Å². The van der Waals surface area contributed by atoms with Crippen LogP contribution < -0.4 is 5.32 Å². The summed E-state index contributed by atoms with van der Waals surface area (Å²) in [4.78, 5) is 50.8. The second kappa shape index (κ2) is 11.5. The van der Waals surface area contributed by atoms with Crippen LogP contribution in [-0.4, -0.2) is 52.6 Å². The van der Waals surface area contributed by atoms with Crippen molar-refractivity contribution in [2.45, 2.75) is 57.4 Å². The Morgan fingerprint density at radius 2 is 1.82 bits per heavy atom. The molecule has 180 valence electrons. The van der Waals surface area contributed by atoms with Gasteiger partial charge in [0, 0.05) is 12.0 Å². The molecule has 0 aliphatic carbocycles. The van der Waals surface area contributed by atoms with E-state index >= 15 is 0 Å². The van der Waals surface area contributed by atoms with Gasteiger partial charge in [-0.25, -0.2) is 4.79 Å². The summed E-state index contributed by atoms with van der Waals surface area (Å²) in [6, 6.07) is 13.5. The average molecular weight is 468 g/mol. The number of nitrogens with one attached hydrogen (secondary N) is 1. The first-order valence-electron chi connectivity index (χ1n) is 11.3. The van der Waals surface area contributed by atoms with Crippen molar-refractivity contribution in [3.8, 4) is 0 Å². The number of carbonyl (C=O) groups is 3. The summed E-state index contributed by atoms with van der Waals surface area (Å²) in [6.07, 6.45) is -0.258. The molecule has 1 heterocycles. The van der Waals surface area contributed by atoms with Crippen molar-refractivity contribution in [1.29, 1.82) is 0 Å². The van der Waals surface area contributed by atoms with E-state index < -0.39 is 42.1 Å². The molecule has 1 amide bonds. The van der Waals surface area contributed by atoms with Crippen LogP contribution in [-0.2, 0) is 32.0 Å². The molecule has 2 aromatic rings. The second-order valence-corrected chi connectivity index (χ2v) is 8.20. The van der Waals surface area contributed by atoms with Crippen molar-refractivity contribution in [2.24, 2.45) is 5.18 Å². The summed E-state index contributed by atoms with van der Waals surface area (Å²) in [5.41, 5.74) is 2.19. The molecular weight excluding hydrogens is 438 g/mol. The van der Waals surface area contributed by atoms with E-state index in [1.165, 1.54) is 0 Å². The Labute approximate surface area is 198 Å². The van der Waals surface area contributed by atoms with Gasteiger partial charge in [0.15, 0.2) is 6.17 Å². The quantitative estimate of drug-likeness (QED) is 0.406. The summed E-state index contributed by atoms with van der Waals surface area (Å²) in [6.45, 7) is 3.42. The van der Waals surface area contributed by atoms with Crippen LogP contribution in [0.3, 0.4) is 0 Å². The molecule has 34 heavy (non-hydrogen) atoms. The minimum absolute atomic E-state index is 0.0608. The van der Waals surface area contributed by atoms with E-state index in [1.807, 2.05) is 30.3 Å². The zero-order valence-corrected chi connectivity index (χ0v) is 19.2. The molecule has 9 heteroatoms. The van der Waals surface area contributed by atoms with E-state index in [4.69, 9.17) is 4.74 Å². The van der Waals surface area contributed by atoms with Crippen LogP contribution in [0.1, 0.15) is 43.1 Å². The fourth-order valence-corrected chi connectivity index (χ4v) is 4.25. The number of rotatable bonds is 10. The monoisotopic (exact) mass is 467 g/mol. The van der Waals surface area contributed by atoms with Gasteiger partial charge < -0.3 is 9.84 Å². The first-order valence-corrected chi connectivity index (χ1v) is 11.3. The number of amides is 1. The van der Waals surface area contributed by atoms with Gasteiger partial charge in [-0.3, -0.25) is 19.8 Å². The molecule has 0 saturated carbocycles. The highest BCUT2D eigenvalue weighted by atomic mass is 16.5. The van der Waals surface area contributed by atoms with Gasteiger partial charge in [0.1, 0.15) is 12.1 Å². The number of carboxylic acids is 1. The number of nitrogens with zero attached hydrogens (tertiary/aromatic N) is 2. The zero-order valence-electron chi connectivity index (χ0n) is 19.2. The minimum Gasteiger partial charge on any atom is -0.480 e. The largest absolute Gasteiger partial charge is 0.480 e. The van der Waals surface area contributed by atoms with E-state index in [2.05, 4.69) is 10.5 Å². The first kappa shape index (κ1) is 25.0. The summed E-state index contributed by atoms with van der Waals surface area (Å²) in [7, 11) is 0. The fourth-order valence-electron chi connectivity index (χ4n) is 4.25. The molecule has 1 aliphatic heterocycles. The van der Waals surface area contributed by atoms with Crippen LogP contribution in [0.25, 0.3) is 0 Å². The summed E-state index contributed by atoms with van der Waals surface area (Å²) in [5, 5.41) is 15.9. The Kier molecular flexibility index (Phi) is 8.48. The smallest absolute Gasteiger partial charge is 0.326 e. The van der Waals surface area contributed by atoms with Crippen molar-refractivity contribution in [3.63, 3.8) is 0 Å². The number of ether oxygens (including phenoxy) is 1. The van der Waals surface area contributed by atoms with Gasteiger partial charge in [0.25, 0.3) is 0 Å². The summed E-state index contributed by atoms with van der Waals surface area (Å²) in [5.74, 6) is -2.35. The molecule has 0 spiro atoms. The normalized spacial score (nSPS) is 18.9. The van der Waals surface area contributed by atoms with Crippen LogP contribution >= 0.6 is 0 Å². The Morgan fingerprint density at radius 1 is 1.15 bits per heavy atom. The molecule has 0 aromatic heterocycles. The molecule has 4 atom stereocenters. The Bertz CT molecular complexity index is 1030. The number of hydrogen-bond donors (Lipinski definition) is 2. The topological polar surface area (TPSA) is 125 Å². The highest BCUT2D eigenvalue weighted by Gasteiger charge is 2.43. The van der Waals surface area contributed by atoms with E-state index in [9.17, 15) is 24.4 Å². The maximum absolute atomic E-state index is 13.4. The molecule has 0 bridgehead atoms. The minimum atomic E-state index is -1.27. The van der Waals surface area contributed by atoms with Crippen LogP contribution in [0.5, 0.6) is 0 Å². The average Bonchev–Trinajstić information content (AvgIpc) is 2.85. The highest BCUT2D eigenvalue weighted by Crippen LogP contribution is 2.34. The van der Waals surface area contributed by atoms with E-state index in [0.29, 0.717) is 24.0 Å². The molecule has 9 nitrogen and oxygen atoms in total. The van der Waals surface area contributed by atoms with E-state index in [-0.39, 0.29) is 13.0 Å². The summed E-state index contributed by atoms with van der Waals surface area (Å²) < 4.78 is 5.18. The number of aliphatic carboxylic acids is 1.